The van der Waals surface area contributed by atoms with E-state index in [1.807, 2.05) is 19.0 Å². The van der Waals surface area contributed by atoms with Crippen LogP contribution in [-0.2, 0) is 4.74 Å². The zero-order valence-corrected chi connectivity index (χ0v) is 11.4. The van der Waals surface area contributed by atoms with Gasteiger partial charge >= 0.3 is 5.97 Å². The Bertz CT molecular complexity index is 444. The molecule has 0 aliphatic carbocycles. The zero-order valence-electron chi connectivity index (χ0n) is 11.4. The summed E-state index contributed by atoms with van der Waals surface area (Å²) in [6.45, 7) is 1.81. The van der Waals surface area contributed by atoms with Gasteiger partial charge in [0.2, 0.25) is 0 Å². The molecule has 0 aromatic heterocycles. The van der Waals surface area contributed by atoms with Crippen molar-refractivity contribution in [2.24, 2.45) is 0 Å². The van der Waals surface area contributed by atoms with Gasteiger partial charge < -0.3 is 20.1 Å². The second kappa shape index (κ2) is 7.76. The molecule has 0 radical (unpaired) electrons. The maximum absolute atomic E-state index is 13.5. The molecule has 0 atom stereocenters. The number of hydrogen-bond donors (Lipinski definition) is 2. The Balaban J connectivity index is 2.46. The Morgan fingerprint density at radius 2 is 1.90 bits per heavy atom. The number of benzene rings is 1. The van der Waals surface area contributed by atoms with Crippen LogP contribution in [0.4, 0.5) is 14.5 Å². The van der Waals surface area contributed by atoms with Crippen molar-refractivity contribution in [3.05, 3.63) is 29.3 Å². The highest BCUT2D eigenvalue weighted by Crippen LogP contribution is 2.20. The lowest BCUT2D eigenvalue weighted by Gasteiger charge is -2.12. The van der Waals surface area contributed by atoms with E-state index >= 15 is 0 Å². The molecule has 0 spiro atoms. The summed E-state index contributed by atoms with van der Waals surface area (Å²) in [4.78, 5) is 12.6. The standard InChI is InChI=1S/C13H18F2N2O3/c1-17(2)4-6-20-5-3-16-12-10(14)7-9(13(18)19)8-11(12)15/h7-8,16H,3-6H2,1-2H3,(H,18,19). The quantitative estimate of drug-likeness (QED) is 0.712. The Morgan fingerprint density at radius 1 is 1.30 bits per heavy atom. The number of rotatable bonds is 8. The van der Waals surface area contributed by atoms with Crippen LogP contribution >= 0.6 is 0 Å². The molecular weight excluding hydrogens is 270 g/mol. The highest BCUT2D eigenvalue weighted by molar-refractivity contribution is 5.88. The highest BCUT2D eigenvalue weighted by Gasteiger charge is 2.14. The minimum atomic E-state index is -1.37. The zero-order chi connectivity index (χ0) is 15.1. The molecule has 0 aliphatic rings. The van der Waals surface area contributed by atoms with Crippen LogP contribution in [0.5, 0.6) is 0 Å². The van der Waals surface area contributed by atoms with Crippen LogP contribution in [0.2, 0.25) is 0 Å². The molecule has 5 nitrogen and oxygen atoms in total. The summed E-state index contributed by atoms with van der Waals surface area (Å²) >= 11 is 0. The van der Waals surface area contributed by atoms with E-state index in [0.717, 1.165) is 18.7 Å². The molecular formula is C13H18F2N2O3. The molecule has 1 rings (SSSR count). The number of aromatic carboxylic acids is 1. The molecule has 2 N–H and O–H groups in total. The molecule has 1 aromatic carbocycles. The summed E-state index contributed by atoms with van der Waals surface area (Å²) in [5.41, 5.74) is -0.765. The maximum Gasteiger partial charge on any atom is 0.335 e. The Morgan fingerprint density at radius 3 is 2.40 bits per heavy atom. The highest BCUT2D eigenvalue weighted by atomic mass is 19.1. The SMILES string of the molecule is CN(C)CCOCCNc1c(F)cc(C(=O)O)cc1F. The normalized spacial score (nSPS) is 10.8. The predicted molar refractivity (Wildman–Crippen MR) is 71.2 cm³/mol. The summed E-state index contributed by atoms with van der Waals surface area (Å²) in [5.74, 6) is -3.24. The summed E-state index contributed by atoms with van der Waals surface area (Å²) < 4.78 is 32.3. The Labute approximate surface area is 116 Å². The lowest BCUT2D eigenvalue weighted by molar-refractivity contribution is 0.0695. The van der Waals surface area contributed by atoms with E-state index in [-0.39, 0.29) is 12.2 Å². The van der Waals surface area contributed by atoms with Gasteiger partial charge in [0, 0.05) is 13.1 Å². The third-order valence-electron chi connectivity index (χ3n) is 2.52. The maximum atomic E-state index is 13.5. The first-order chi connectivity index (χ1) is 9.41. The minimum Gasteiger partial charge on any atom is -0.478 e. The van der Waals surface area contributed by atoms with Crippen molar-refractivity contribution in [1.29, 1.82) is 0 Å². The average molecular weight is 288 g/mol. The summed E-state index contributed by atoms with van der Waals surface area (Å²) in [7, 11) is 3.83. The molecule has 0 aliphatic heterocycles. The van der Waals surface area contributed by atoms with Gasteiger partial charge in [-0.3, -0.25) is 0 Å². The van der Waals surface area contributed by atoms with E-state index in [9.17, 15) is 13.6 Å². The van der Waals surface area contributed by atoms with Gasteiger partial charge in [0.05, 0.1) is 18.8 Å². The topological polar surface area (TPSA) is 61.8 Å². The van der Waals surface area contributed by atoms with Gasteiger partial charge in [-0.05, 0) is 26.2 Å². The van der Waals surface area contributed by atoms with Crippen molar-refractivity contribution in [2.45, 2.75) is 0 Å². The van der Waals surface area contributed by atoms with E-state index in [4.69, 9.17) is 9.84 Å². The van der Waals surface area contributed by atoms with Gasteiger partial charge in [0.25, 0.3) is 0 Å². The molecule has 0 amide bonds. The van der Waals surface area contributed by atoms with Crippen LogP contribution in [0.3, 0.4) is 0 Å². The molecule has 0 unspecified atom stereocenters. The fourth-order valence-electron chi connectivity index (χ4n) is 1.46. The van der Waals surface area contributed by atoms with E-state index in [1.54, 1.807) is 0 Å². The lowest BCUT2D eigenvalue weighted by atomic mass is 10.2. The minimum absolute atomic E-state index is 0.230. The lowest BCUT2D eigenvalue weighted by Crippen LogP contribution is -2.20. The number of ether oxygens (including phenoxy) is 1. The van der Waals surface area contributed by atoms with Crippen LogP contribution in [0.1, 0.15) is 10.4 Å². The van der Waals surface area contributed by atoms with Crippen molar-refractivity contribution >= 4 is 11.7 Å². The van der Waals surface area contributed by atoms with Crippen LogP contribution in [-0.4, -0.2) is 56.4 Å². The fourth-order valence-corrected chi connectivity index (χ4v) is 1.46. The van der Waals surface area contributed by atoms with Crippen LogP contribution in [0.25, 0.3) is 0 Å². The molecule has 0 bridgehead atoms. The van der Waals surface area contributed by atoms with Gasteiger partial charge in [-0.1, -0.05) is 0 Å². The fraction of sp³-hybridized carbons (Fsp3) is 0.462. The molecule has 7 heteroatoms. The summed E-state index contributed by atoms with van der Waals surface area (Å²) in [6.07, 6.45) is 0. The smallest absolute Gasteiger partial charge is 0.335 e. The number of carboxylic acid groups (broad SMARTS) is 1. The molecule has 0 heterocycles. The first-order valence-electron chi connectivity index (χ1n) is 6.10. The van der Waals surface area contributed by atoms with E-state index in [1.165, 1.54) is 0 Å². The van der Waals surface area contributed by atoms with E-state index in [2.05, 4.69) is 5.32 Å². The Kier molecular flexibility index (Phi) is 6.33. The first-order valence-corrected chi connectivity index (χ1v) is 6.10. The van der Waals surface area contributed by atoms with Crippen molar-refractivity contribution in [2.75, 3.05) is 45.7 Å². The molecule has 0 fully saturated rings. The van der Waals surface area contributed by atoms with Gasteiger partial charge in [-0.25, -0.2) is 13.6 Å². The first kappa shape index (κ1) is 16.3. The molecule has 20 heavy (non-hydrogen) atoms. The van der Waals surface area contributed by atoms with Crippen molar-refractivity contribution < 1.29 is 23.4 Å². The van der Waals surface area contributed by atoms with Gasteiger partial charge in [-0.15, -0.1) is 0 Å². The number of nitrogens with zero attached hydrogens (tertiary/aromatic N) is 1. The molecule has 112 valence electrons. The summed E-state index contributed by atoms with van der Waals surface area (Å²) in [6, 6.07) is 1.56. The number of likely N-dealkylation sites (N-methyl/N-ethyl adjacent to an activating group) is 1. The van der Waals surface area contributed by atoms with Gasteiger partial charge in [0.1, 0.15) is 17.3 Å². The van der Waals surface area contributed by atoms with Gasteiger partial charge in [-0.2, -0.15) is 0 Å². The number of anilines is 1. The predicted octanol–water partition coefficient (Wildman–Crippen LogP) is 1.65. The van der Waals surface area contributed by atoms with Crippen LogP contribution < -0.4 is 5.32 Å². The largest absolute Gasteiger partial charge is 0.478 e. The van der Waals surface area contributed by atoms with Crippen molar-refractivity contribution in [3.8, 4) is 0 Å². The second-order valence-electron chi connectivity index (χ2n) is 4.46. The number of halogens is 2. The Hall–Kier alpha value is -1.73. The molecule has 0 saturated heterocycles. The van der Waals surface area contributed by atoms with E-state index < -0.39 is 23.2 Å². The number of nitrogens with one attached hydrogen (secondary N) is 1. The van der Waals surface area contributed by atoms with Crippen LogP contribution in [0.15, 0.2) is 12.1 Å². The second-order valence-corrected chi connectivity index (χ2v) is 4.46. The number of hydrogen-bond acceptors (Lipinski definition) is 4. The van der Waals surface area contributed by atoms with E-state index in [0.29, 0.717) is 13.2 Å². The molecule has 0 saturated carbocycles. The third kappa shape index (κ3) is 5.10. The molecule has 1 aromatic rings. The number of carbonyl (C=O) groups is 1. The van der Waals surface area contributed by atoms with Gasteiger partial charge in [0.15, 0.2) is 0 Å². The average Bonchev–Trinajstić information content (AvgIpc) is 2.35. The monoisotopic (exact) mass is 288 g/mol. The third-order valence-corrected chi connectivity index (χ3v) is 2.52. The number of carboxylic acids is 1. The summed E-state index contributed by atoms with van der Waals surface area (Å²) in [5, 5.41) is 11.2. The van der Waals surface area contributed by atoms with Crippen molar-refractivity contribution in [1.82, 2.24) is 4.90 Å². The van der Waals surface area contributed by atoms with Crippen LogP contribution in [0, 0.1) is 11.6 Å². The van der Waals surface area contributed by atoms with Crippen molar-refractivity contribution in [3.63, 3.8) is 0 Å².